The molecule has 1 fully saturated rings. The van der Waals surface area contributed by atoms with E-state index in [9.17, 15) is 0 Å². The Morgan fingerprint density at radius 3 is 3.11 bits per heavy atom. The largest absolute Gasteiger partial charge is 0.472 e. The van der Waals surface area contributed by atoms with Gasteiger partial charge in [0.15, 0.2) is 0 Å². The summed E-state index contributed by atoms with van der Waals surface area (Å²) in [5.74, 6) is 1.21. The molecule has 0 aromatic carbocycles. The van der Waals surface area contributed by atoms with E-state index >= 15 is 0 Å². The lowest BCUT2D eigenvalue weighted by Crippen LogP contribution is -2.31. The highest BCUT2D eigenvalue weighted by Crippen LogP contribution is 2.29. The smallest absolute Gasteiger partial charge is 0.241 e. The summed E-state index contributed by atoms with van der Waals surface area (Å²) >= 11 is 0. The van der Waals surface area contributed by atoms with Gasteiger partial charge in [0, 0.05) is 6.54 Å². The number of hydrogen-bond donors (Lipinski definition) is 1. The number of aromatic nitrogens is 2. The normalized spacial score (nSPS) is 24.1. The molecule has 0 amide bonds. The van der Waals surface area contributed by atoms with Gasteiger partial charge in [-0.15, -0.1) is 0 Å². The molecule has 1 aliphatic heterocycles. The molecule has 0 aliphatic carbocycles. The van der Waals surface area contributed by atoms with Crippen LogP contribution in [-0.2, 0) is 6.54 Å². The quantitative estimate of drug-likeness (QED) is 0.899. The number of likely N-dealkylation sites (tertiary alicyclic amines) is 1. The molecule has 3 heterocycles. The maximum absolute atomic E-state index is 5.80. The highest BCUT2D eigenvalue weighted by molar-refractivity contribution is 5.51. The molecule has 0 radical (unpaired) electrons. The van der Waals surface area contributed by atoms with Gasteiger partial charge in [0.25, 0.3) is 0 Å². The molecule has 1 unspecified atom stereocenters. The Hall–Kier alpha value is -1.66. The van der Waals surface area contributed by atoms with Crippen molar-refractivity contribution in [3.63, 3.8) is 0 Å². The monoisotopic (exact) mass is 262 g/mol. The second-order valence-electron chi connectivity index (χ2n) is 5.50. The van der Waals surface area contributed by atoms with Gasteiger partial charge in [-0.2, -0.15) is 4.98 Å². The van der Waals surface area contributed by atoms with Crippen LogP contribution in [0.15, 0.2) is 27.5 Å². The minimum Gasteiger partial charge on any atom is -0.472 e. The van der Waals surface area contributed by atoms with E-state index in [1.54, 1.807) is 12.5 Å². The average Bonchev–Trinajstić information content (AvgIpc) is 3.11. The van der Waals surface area contributed by atoms with Crippen LogP contribution in [0.3, 0.4) is 0 Å². The Morgan fingerprint density at radius 2 is 2.42 bits per heavy atom. The third-order valence-corrected chi connectivity index (χ3v) is 3.74. The molecule has 2 aromatic rings. The molecule has 102 valence electrons. The van der Waals surface area contributed by atoms with Crippen molar-refractivity contribution in [1.29, 1.82) is 0 Å². The van der Waals surface area contributed by atoms with Crippen molar-refractivity contribution < 1.29 is 8.94 Å². The average molecular weight is 262 g/mol. The summed E-state index contributed by atoms with van der Waals surface area (Å²) in [6.45, 7) is 5.62. The predicted molar refractivity (Wildman–Crippen MR) is 69.1 cm³/mol. The molecular weight excluding hydrogens is 244 g/mol. The minimum absolute atomic E-state index is 0.216. The summed E-state index contributed by atoms with van der Waals surface area (Å²) in [5.41, 5.74) is 6.86. The highest BCUT2D eigenvalue weighted by atomic mass is 16.5. The topological polar surface area (TPSA) is 81.3 Å². The molecule has 0 saturated carbocycles. The van der Waals surface area contributed by atoms with Gasteiger partial charge in [0.1, 0.15) is 6.26 Å². The number of nitrogens with two attached hydrogens (primary N) is 1. The Bertz CT molecular complexity index is 537. The molecule has 1 aliphatic rings. The molecule has 19 heavy (non-hydrogen) atoms. The molecule has 3 rings (SSSR count). The van der Waals surface area contributed by atoms with Crippen molar-refractivity contribution >= 4 is 0 Å². The molecule has 6 heteroatoms. The molecule has 2 aromatic heterocycles. The summed E-state index contributed by atoms with van der Waals surface area (Å²) in [4.78, 5) is 6.68. The van der Waals surface area contributed by atoms with Crippen molar-refractivity contribution in [2.24, 2.45) is 11.1 Å². The fourth-order valence-electron chi connectivity index (χ4n) is 2.45. The van der Waals surface area contributed by atoms with Gasteiger partial charge in [0.05, 0.1) is 18.4 Å². The molecule has 1 atom stereocenters. The SMILES string of the molecule is CC1(CN)CCN(Cc2nc(-c3ccoc3)no2)C1. The summed E-state index contributed by atoms with van der Waals surface area (Å²) in [6, 6.07) is 1.82. The van der Waals surface area contributed by atoms with Crippen molar-refractivity contribution in [3.05, 3.63) is 24.5 Å². The summed E-state index contributed by atoms with van der Waals surface area (Å²) in [5, 5.41) is 3.96. The minimum atomic E-state index is 0.216. The predicted octanol–water partition coefficient (Wildman–Crippen LogP) is 1.50. The van der Waals surface area contributed by atoms with Crippen molar-refractivity contribution in [3.8, 4) is 11.4 Å². The zero-order valence-corrected chi connectivity index (χ0v) is 11.0. The fraction of sp³-hybridized carbons (Fsp3) is 0.538. The Labute approximate surface area is 111 Å². The van der Waals surface area contributed by atoms with E-state index in [1.807, 2.05) is 6.07 Å². The zero-order chi connectivity index (χ0) is 13.3. The molecule has 2 N–H and O–H groups in total. The number of hydrogen-bond acceptors (Lipinski definition) is 6. The van der Waals surface area contributed by atoms with Crippen LogP contribution in [0.4, 0.5) is 0 Å². The molecule has 1 saturated heterocycles. The Kier molecular flexibility index (Phi) is 3.12. The van der Waals surface area contributed by atoms with Crippen LogP contribution in [-0.4, -0.2) is 34.7 Å². The van der Waals surface area contributed by atoms with Crippen LogP contribution in [0.2, 0.25) is 0 Å². The van der Waals surface area contributed by atoms with Crippen LogP contribution in [0, 0.1) is 5.41 Å². The van der Waals surface area contributed by atoms with Gasteiger partial charge in [-0.1, -0.05) is 12.1 Å². The molecule has 0 spiro atoms. The number of furan rings is 1. The third kappa shape index (κ3) is 2.54. The third-order valence-electron chi connectivity index (χ3n) is 3.74. The van der Waals surface area contributed by atoms with Crippen molar-refractivity contribution in [2.45, 2.75) is 19.9 Å². The fourth-order valence-corrected chi connectivity index (χ4v) is 2.45. The molecular formula is C13H18N4O2. The van der Waals surface area contributed by atoms with Crippen molar-refractivity contribution in [2.75, 3.05) is 19.6 Å². The van der Waals surface area contributed by atoms with Gasteiger partial charge < -0.3 is 14.7 Å². The van der Waals surface area contributed by atoms with Crippen LogP contribution in [0.5, 0.6) is 0 Å². The maximum Gasteiger partial charge on any atom is 0.241 e. The summed E-state index contributed by atoms with van der Waals surface area (Å²) < 4.78 is 10.3. The zero-order valence-electron chi connectivity index (χ0n) is 11.0. The second kappa shape index (κ2) is 4.79. The lowest BCUT2D eigenvalue weighted by atomic mass is 9.90. The highest BCUT2D eigenvalue weighted by Gasteiger charge is 2.33. The van der Waals surface area contributed by atoms with E-state index in [0.29, 0.717) is 24.8 Å². The van der Waals surface area contributed by atoms with E-state index in [4.69, 9.17) is 14.7 Å². The van der Waals surface area contributed by atoms with E-state index in [-0.39, 0.29) is 5.41 Å². The van der Waals surface area contributed by atoms with Gasteiger partial charge >= 0.3 is 0 Å². The van der Waals surface area contributed by atoms with Gasteiger partial charge in [-0.05, 0) is 31.0 Å². The van der Waals surface area contributed by atoms with E-state index < -0.39 is 0 Å². The summed E-state index contributed by atoms with van der Waals surface area (Å²) in [6.07, 6.45) is 4.32. The van der Waals surface area contributed by atoms with Crippen LogP contribution < -0.4 is 5.73 Å². The van der Waals surface area contributed by atoms with Gasteiger partial charge in [0.2, 0.25) is 11.7 Å². The van der Waals surface area contributed by atoms with Crippen LogP contribution >= 0.6 is 0 Å². The van der Waals surface area contributed by atoms with Crippen LogP contribution in [0.25, 0.3) is 11.4 Å². The number of nitrogens with zero attached hydrogens (tertiary/aromatic N) is 3. The maximum atomic E-state index is 5.80. The van der Waals surface area contributed by atoms with E-state index in [0.717, 1.165) is 25.1 Å². The first kappa shape index (κ1) is 12.4. The second-order valence-corrected chi connectivity index (χ2v) is 5.50. The van der Waals surface area contributed by atoms with Crippen molar-refractivity contribution in [1.82, 2.24) is 15.0 Å². The lowest BCUT2D eigenvalue weighted by molar-refractivity contribution is 0.239. The molecule has 0 bridgehead atoms. The first-order valence-corrected chi connectivity index (χ1v) is 6.46. The van der Waals surface area contributed by atoms with Gasteiger partial charge in [-0.25, -0.2) is 0 Å². The number of rotatable bonds is 4. The molecule has 6 nitrogen and oxygen atoms in total. The Morgan fingerprint density at radius 1 is 1.53 bits per heavy atom. The first-order chi connectivity index (χ1) is 9.18. The Balaban J connectivity index is 1.65. The van der Waals surface area contributed by atoms with Crippen LogP contribution in [0.1, 0.15) is 19.2 Å². The summed E-state index contributed by atoms with van der Waals surface area (Å²) in [7, 11) is 0. The first-order valence-electron chi connectivity index (χ1n) is 6.46. The standard InChI is InChI=1S/C13H18N4O2/c1-13(8-14)3-4-17(9-13)6-11-15-12(16-19-11)10-2-5-18-7-10/h2,5,7H,3-4,6,8-9,14H2,1H3. The van der Waals surface area contributed by atoms with Gasteiger partial charge in [-0.3, -0.25) is 4.90 Å². The van der Waals surface area contributed by atoms with E-state index in [2.05, 4.69) is 22.0 Å². The van der Waals surface area contributed by atoms with E-state index in [1.165, 1.54) is 0 Å². The lowest BCUT2D eigenvalue weighted by Gasteiger charge is -2.21.